The van der Waals surface area contributed by atoms with Gasteiger partial charge in [-0.2, -0.15) is 0 Å². The van der Waals surface area contributed by atoms with E-state index in [0.717, 1.165) is 17.0 Å². The molecule has 0 unspecified atom stereocenters. The molecule has 1 saturated heterocycles. The van der Waals surface area contributed by atoms with Crippen LogP contribution in [0.4, 0.5) is 10.1 Å². The molecule has 1 fully saturated rings. The number of amides is 1. The largest absolute Gasteiger partial charge is 0.497 e. The van der Waals surface area contributed by atoms with E-state index in [1.54, 1.807) is 18.1 Å². The van der Waals surface area contributed by atoms with Gasteiger partial charge in [0, 0.05) is 12.1 Å². The molecule has 5 heteroatoms. The Hall–Kier alpha value is -2.56. The molecular weight excluding hydrogens is 285 g/mol. The number of nitrogens with zero attached hydrogens (tertiary/aromatic N) is 1. The van der Waals surface area contributed by atoms with E-state index < -0.39 is 6.10 Å². The summed E-state index contributed by atoms with van der Waals surface area (Å²) in [5.41, 5.74) is 1.60. The summed E-state index contributed by atoms with van der Waals surface area (Å²) in [4.78, 5) is 14.0. The molecule has 112 valence electrons. The molecular formula is C17H14FNO3. The molecule has 4 rings (SSSR count). The molecule has 1 amide bonds. The lowest BCUT2D eigenvalue weighted by molar-refractivity contribution is -0.135. The normalized spacial score (nSPS) is 22.3. The highest BCUT2D eigenvalue weighted by molar-refractivity contribution is 6.05. The van der Waals surface area contributed by atoms with Gasteiger partial charge in [-0.15, -0.1) is 0 Å². The van der Waals surface area contributed by atoms with E-state index in [2.05, 4.69) is 0 Å². The number of halogens is 1. The zero-order valence-corrected chi connectivity index (χ0v) is 12.0. The van der Waals surface area contributed by atoms with Crippen molar-refractivity contribution in [3.05, 3.63) is 53.8 Å². The lowest BCUT2D eigenvalue weighted by atomic mass is 9.87. The van der Waals surface area contributed by atoms with Gasteiger partial charge in [0.25, 0.3) is 5.91 Å². The third kappa shape index (κ3) is 1.85. The van der Waals surface area contributed by atoms with Crippen molar-refractivity contribution in [3.63, 3.8) is 0 Å². The van der Waals surface area contributed by atoms with Crippen LogP contribution in [0.1, 0.15) is 5.56 Å². The first kappa shape index (κ1) is 13.1. The monoisotopic (exact) mass is 299 g/mol. The molecule has 22 heavy (non-hydrogen) atoms. The van der Waals surface area contributed by atoms with E-state index in [0.29, 0.717) is 12.2 Å². The van der Waals surface area contributed by atoms with Gasteiger partial charge in [-0.25, -0.2) is 4.39 Å². The minimum absolute atomic E-state index is 0.0647. The number of benzene rings is 2. The summed E-state index contributed by atoms with van der Waals surface area (Å²) in [6.07, 6.45) is 0.121. The summed E-state index contributed by atoms with van der Waals surface area (Å²) in [7, 11) is 1.60. The fourth-order valence-electron chi connectivity index (χ4n) is 3.09. The van der Waals surface area contributed by atoms with Crippen molar-refractivity contribution in [1.29, 1.82) is 0 Å². The van der Waals surface area contributed by atoms with Crippen LogP contribution in [0, 0.1) is 5.82 Å². The van der Waals surface area contributed by atoms with Gasteiger partial charge in [0.15, 0.2) is 6.10 Å². The molecule has 2 heterocycles. The highest BCUT2D eigenvalue weighted by Crippen LogP contribution is 2.39. The second-order valence-electron chi connectivity index (χ2n) is 5.47. The number of hydrogen-bond donors (Lipinski definition) is 0. The minimum Gasteiger partial charge on any atom is -0.497 e. The Morgan fingerprint density at radius 1 is 1.23 bits per heavy atom. The van der Waals surface area contributed by atoms with Gasteiger partial charge < -0.3 is 14.4 Å². The molecule has 0 radical (unpaired) electrons. The lowest BCUT2D eigenvalue weighted by Gasteiger charge is -2.49. The predicted octanol–water partition coefficient (Wildman–Crippen LogP) is 2.55. The maximum atomic E-state index is 13.4. The van der Waals surface area contributed by atoms with Crippen LogP contribution in [0.3, 0.4) is 0 Å². The number of ether oxygens (including phenoxy) is 2. The van der Waals surface area contributed by atoms with Crippen LogP contribution < -0.4 is 14.4 Å². The van der Waals surface area contributed by atoms with Gasteiger partial charge in [0.1, 0.15) is 17.3 Å². The Balaban J connectivity index is 1.63. The average Bonchev–Trinajstić information content (AvgIpc) is 2.54. The lowest BCUT2D eigenvalue weighted by Crippen LogP contribution is -2.69. The Morgan fingerprint density at radius 3 is 2.73 bits per heavy atom. The van der Waals surface area contributed by atoms with Crippen LogP contribution >= 0.6 is 0 Å². The molecule has 0 saturated carbocycles. The van der Waals surface area contributed by atoms with Crippen LogP contribution in [-0.4, -0.2) is 25.2 Å². The van der Waals surface area contributed by atoms with Crippen molar-refractivity contribution >= 4 is 11.6 Å². The second-order valence-corrected chi connectivity index (χ2v) is 5.47. The maximum absolute atomic E-state index is 13.4. The number of anilines is 1. The van der Waals surface area contributed by atoms with Crippen molar-refractivity contribution < 1.29 is 18.7 Å². The van der Waals surface area contributed by atoms with Gasteiger partial charge in [-0.1, -0.05) is 0 Å². The summed E-state index contributed by atoms with van der Waals surface area (Å²) < 4.78 is 24.2. The van der Waals surface area contributed by atoms with E-state index in [1.165, 1.54) is 12.1 Å². The van der Waals surface area contributed by atoms with E-state index in [9.17, 15) is 9.18 Å². The van der Waals surface area contributed by atoms with Gasteiger partial charge >= 0.3 is 0 Å². The smallest absolute Gasteiger partial charge is 0.270 e. The van der Waals surface area contributed by atoms with Crippen molar-refractivity contribution in [2.45, 2.75) is 18.6 Å². The number of β-lactam (4-membered cyclic amide) rings is 1. The van der Waals surface area contributed by atoms with Crippen LogP contribution in [0.15, 0.2) is 42.5 Å². The van der Waals surface area contributed by atoms with Gasteiger partial charge in [0.05, 0.1) is 13.2 Å². The fraction of sp³-hybridized carbons (Fsp3) is 0.235. The van der Waals surface area contributed by atoms with Crippen LogP contribution in [0.25, 0.3) is 0 Å². The van der Waals surface area contributed by atoms with Crippen molar-refractivity contribution in [2.24, 2.45) is 0 Å². The SMILES string of the molecule is COc1ccc(N2C(=O)[C@H]3Oc4ccc(F)cc4C[C@H]32)cc1. The summed E-state index contributed by atoms with van der Waals surface area (Å²) in [5.74, 6) is 0.985. The second kappa shape index (κ2) is 4.73. The minimum atomic E-state index is -0.472. The standard InChI is InChI=1S/C17H14FNO3/c1-21-13-5-3-12(4-6-13)19-14-9-10-8-11(18)2-7-15(10)22-16(14)17(19)20/h2-8,14,16H,9H2,1H3/t14-,16+/m1/s1. The fourth-order valence-corrected chi connectivity index (χ4v) is 3.09. The van der Waals surface area contributed by atoms with Gasteiger partial charge in [-0.05, 0) is 48.0 Å². The molecule has 0 N–H and O–H groups in total. The number of methoxy groups -OCH3 is 1. The molecule has 2 atom stereocenters. The van der Waals surface area contributed by atoms with E-state index in [1.807, 2.05) is 24.3 Å². The molecule has 0 aliphatic carbocycles. The van der Waals surface area contributed by atoms with E-state index in [-0.39, 0.29) is 17.8 Å². The first-order valence-electron chi connectivity index (χ1n) is 7.09. The summed E-state index contributed by atoms with van der Waals surface area (Å²) in [5, 5.41) is 0. The van der Waals surface area contributed by atoms with E-state index >= 15 is 0 Å². The number of rotatable bonds is 2. The summed E-state index contributed by atoms with van der Waals surface area (Å²) in [6.45, 7) is 0. The molecule has 0 aromatic heterocycles. The summed E-state index contributed by atoms with van der Waals surface area (Å²) in [6, 6.07) is 11.6. The molecule has 2 aromatic carbocycles. The maximum Gasteiger partial charge on any atom is 0.270 e. The first-order chi connectivity index (χ1) is 10.7. The van der Waals surface area contributed by atoms with Crippen molar-refractivity contribution in [3.8, 4) is 11.5 Å². The summed E-state index contributed by atoms with van der Waals surface area (Å²) >= 11 is 0. The number of carbonyl (C=O) groups is 1. The third-order valence-electron chi connectivity index (χ3n) is 4.22. The molecule has 2 aliphatic rings. The zero-order chi connectivity index (χ0) is 15.3. The van der Waals surface area contributed by atoms with E-state index in [4.69, 9.17) is 9.47 Å². The molecule has 0 bridgehead atoms. The Bertz CT molecular complexity index is 744. The van der Waals surface area contributed by atoms with Gasteiger partial charge in [0.2, 0.25) is 0 Å². The van der Waals surface area contributed by atoms with Crippen LogP contribution in [0.5, 0.6) is 11.5 Å². The van der Waals surface area contributed by atoms with Crippen molar-refractivity contribution in [1.82, 2.24) is 0 Å². The topological polar surface area (TPSA) is 38.8 Å². The number of fused-ring (bicyclic) bond motifs is 2. The Morgan fingerprint density at radius 2 is 2.00 bits per heavy atom. The molecule has 2 aliphatic heterocycles. The highest BCUT2D eigenvalue weighted by atomic mass is 19.1. The third-order valence-corrected chi connectivity index (χ3v) is 4.22. The quantitative estimate of drug-likeness (QED) is 0.800. The van der Waals surface area contributed by atoms with Crippen molar-refractivity contribution in [2.75, 3.05) is 12.0 Å². The Kier molecular flexibility index (Phi) is 2.82. The van der Waals surface area contributed by atoms with Crippen LogP contribution in [-0.2, 0) is 11.2 Å². The Labute approximate surface area is 127 Å². The first-order valence-corrected chi connectivity index (χ1v) is 7.09. The molecule has 4 nitrogen and oxygen atoms in total. The predicted molar refractivity (Wildman–Crippen MR) is 78.8 cm³/mol. The van der Waals surface area contributed by atoms with Crippen LogP contribution in [0.2, 0.25) is 0 Å². The highest BCUT2D eigenvalue weighted by Gasteiger charge is 2.52. The molecule has 0 spiro atoms. The van der Waals surface area contributed by atoms with Gasteiger partial charge in [-0.3, -0.25) is 4.79 Å². The zero-order valence-electron chi connectivity index (χ0n) is 12.0. The average molecular weight is 299 g/mol. The number of hydrogen-bond acceptors (Lipinski definition) is 3. The molecule has 2 aromatic rings. The number of carbonyl (C=O) groups excluding carboxylic acids is 1.